The zero-order valence-electron chi connectivity index (χ0n) is 12.5. The molecule has 0 radical (unpaired) electrons. The van der Waals surface area contributed by atoms with Crippen molar-refractivity contribution in [1.29, 1.82) is 0 Å². The largest absolute Gasteiger partial charge is 0.496 e. The minimum absolute atomic E-state index is 0.0877. The molecule has 2 aromatic carbocycles. The standard InChI is InChI=1S/C18H21NO2/c1-3-15(13-14-9-5-4-6-10-14)19-18(20)16-11-7-8-12-17(16)21-2/h4-12,15H,3,13H2,1-2H3,(H,19,20)/t15-/m1/s1. The fourth-order valence-electron chi connectivity index (χ4n) is 2.29. The predicted molar refractivity (Wildman–Crippen MR) is 84.7 cm³/mol. The highest BCUT2D eigenvalue weighted by Crippen LogP contribution is 2.17. The predicted octanol–water partition coefficient (Wildman–Crippen LogP) is 3.45. The molecule has 0 aliphatic carbocycles. The van der Waals surface area contributed by atoms with Gasteiger partial charge in [-0.25, -0.2) is 0 Å². The lowest BCUT2D eigenvalue weighted by molar-refractivity contribution is 0.0933. The summed E-state index contributed by atoms with van der Waals surface area (Å²) >= 11 is 0. The molecule has 2 rings (SSSR count). The van der Waals surface area contributed by atoms with E-state index in [9.17, 15) is 4.79 Å². The van der Waals surface area contributed by atoms with E-state index in [2.05, 4.69) is 24.4 Å². The summed E-state index contributed by atoms with van der Waals surface area (Å²) in [7, 11) is 1.58. The average Bonchev–Trinajstić information content (AvgIpc) is 2.55. The summed E-state index contributed by atoms with van der Waals surface area (Å²) in [5, 5.41) is 3.09. The molecule has 3 heteroatoms. The SMILES string of the molecule is CC[C@H](Cc1ccccc1)NC(=O)c1ccccc1OC. The molecule has 0 saturated heterocycles. The van der Waals surface area contributed by atoms with Crippen molar-refractivity contribution in [3.63, 3.8) is 0 Å². The number of methoxy groups -OCH3 is 1. The molecule has 0 fully saturated rings. The van der Waals surface area contributed by atoms with E-state index in [1.807, 2.05) is 30.3 Å². The molecular weight excluding hydrogens is 262 g/mol. The smallest absolute Gasteiger partial charge is 0.255 e. The Kier molecular flexibility index (Phi) is 5.38. The minimum atomic E-state index is -0.0877. The van der Waals surface area contributed by atoms with Crippen LogP contribution in [0.5, 0.6) is 5.75 Å². The first kappa shape index (κ1) is 15.1. The molecular formula is C18H21NO2. The molecule has 0 spiro atoms. The molecule has 110 valence electrons. The summed E-state index contributed by atoms with van der Waals surface area (Å²) in [6.45, 7) is 2.08. The Hall–Kier alpha value is -2.29. The van der Waals surface area contributed by atoms with Gasteiger partial charge >= 0.3 is 0 Å². The Morgan fingerprint density at radius 1 is 1.10 bits per heavy atom. The maximum Gasteiger partial charge on any atom is 0.255 e. The Morgan fingerprint density at radius 3 is 2.43 bits per heavy atom. The molecule has 1 N–H and O–H groups in total. The van der Waals surface area contributed by atoms with Crippen LogP contribution in [-0.2, 0) is 6.42 Å². The second kappa shape index (κ2) is 7.48. The van der Waals surface area contributed by atoms with Gasteiger partial charge < -0.3 is 10.1 Å². The van der Waals surface area contributed by atoms with Crippen LogP contribution in [0.4, 0.5) is 0 Å². The van der Waals surface area contributed by atoms with Crippen LogP contribution in [-0.4, -0.2) is 19.1 Å². The van der Waals surface area contributed by atoms with Gasteiger partial charge in [0.1, 0.15) is 5.75 Å². The monoisotopic (exact) mass is 283 g/mol. The van der Waals surface area contributed by atoms with Crippen LogP contribution in [0.25, 0.3) is 0 Å². The highest BCUT2D eigenvalue weighted by atomic mass is 16.5. The molecule has 0 unspecified atom stereocenters. The topological polar surface area (TPSA) is 38.3 Å². The fraction of sp³-hybridized carbons (Fsp3) is 0.278. The van der Waals surface area contributed by atoms with Gasteiger partial charge in [0.15, 0.2) is 0 Å². The molecule has 0 aliphatic rings. The molecule has 0 aliphatic heterocycles. The summed E-state index contributed by atoms with van der Waals surface area (Å²) < 4.78 is 5.24. The number of carbonyl (C=O) groups is 1. The Bertz CT molecular complexity index is 581. The lowest BCUT2D eigenvalue weighted by atomic mass is 10.0. The number of hydrogen-bond donors (Lipinski definition) is 1. The van der Waals surface area contributed by atoms with Crippen LogP contribution in [0.3, 0.4) is 0 Å². The van der Waals surface area contributed by atoms with Crippen LogP contribution < -0.4 is 10.1 Å². The number of carbonyl (C=O) groups excluding carboxylic acids is 1. The van der Waals surface area contributed by atoms with Crippen molar-refractivity contribution in [3.8, 4) is 5.75 Å². The van der Waals surface area contributed by atoms with E-state index in [-0.39, 0.29) is 11.9 Å². The third kappa shape index (κ3) is 4.09. The Balaban J connectivity index is 2.06. The summed E-state index contributed by atoms with van der Waals surface area (Å²) in [4.78, 5) is 12.4. The lowest BCUT2D eigenvalue weighted by Crippen LogP contribution is -2.36. The van der Waals surface area contributed by atoms with E-state index in [1.54, 1.807) is 19.2 Å². The number of benzene rings is 2. The minimum Gasteiger partial charge on any atom is -0.496 e. The maximum atomic E-state index is 12.4. The van der Waals surface area contributed by atoms with Crippen molar-refractivity contribution in [2.45, 2.75) is 25.8 Å². The molecule has 0 heterocycles. The van der Waals surface area contributed by atoms with Gasteiger partial charge in [0.25, 0.3) is 5.91 Å². The average molecular weight is 283 g/mol. The number of hydrogen-bond acceptors (Lipinski definition) is 2. The molecule has 0 saturated carbocycles. The van der Waals surface area contributed by atoms with Gasteiger partial charge in [0, 0.05) is 6.04 Å². The van der Waals surface area contributed by atoms with Crippen LogP contribution in [0, 0.1) is 0 Å². The van der Waals surface area contributed by atoms with Crippen molar-refractivity contribution in [1.82, 2.24) is 5.32 Å². The molecule has 3 nitrogen and oxygen atoms in total. The number of nitrogens with one attached hydrogen (secondary N) is 1. The van der Waals surface area contributed by atoms with Crippen LogP contribution in [0.1, 0.15) is 29.3 Å². The lowest BCUT2D eigenvalue weighted by Gasteiger charge is -2.18. The van der Waals surface area contributed by atoms with Crippen molar-refractivity contribution in [2.24, 2.45) is 0 Å². The van der Waals surface area contributed by atoms with E-state index in [4.69, 9.17) is 4.74 Å². The van der Waals surface area contributed by atoms with E-state index in [1.165, 1.54) is 5.56 Å². The molecule has 1 amide bonds. The first-order valence-corrected chi connectivity index (χ1v) is 7.22. The number of amides is 1. The first-order chi connectivity index (χ1) is 10.2. The maximum absolute atomic E-state index is 12.4. The summed E-state index contributed by atoms with van der Waals surface area (Å²) in [6, 6.07) is 17.6. The number of ether oxygens (including phenoxy) is 1. The van der Waals surface area contributed by atoms with Crippen molar-refractivity contribution in [3.05, 3.63) is 65.7 Å². The van der Waals surface area contributed by atoms with Crippen LogP contribution >= 0.6 is 0 Å². The van der Waals surface area contributed by atoms with Gasteiger partial charge in [-0.05, 0) is 30.5 Å². The Morgan fingerprint density at radius 2 is 1.76 bits per heavy atom. The van der Waals surface area contributed by atoms with E-state index < -0.39 is 0 Å². The third-order valence-corrected chi connectivity index (χ3v) is 3.50. The summed E-state index contributed by atoms with van der Waals surface area (Å²) in [6.07, 6.45) is 1.72. The second-order valence-electron chi connectivity index (χ2n) is 4.97. The quantitative estimate of drug-likeness (QED) is 0.882. The molecule has 21 heavy (non-hydrogen) atoms. The fourth-order valence-corrected chi connectivity index (χ4v) is 2.29. The van der Waals surface area contributed by atoms with Gasteiger partial charge in [0.2, 0.25) is 0 Å². The van der Waals surface area contributed by atoms with Gasteiger partial charge in [-0.2, -0.15) is 0 Å². The van der Waals surface area contributed by atoms with Crippen molar-refractivity contribution in [2.75, 3.05) is 7.11 Å². The zero-order valence-corrected chi connectivity index (χ0v) is 12.5. The van der Waals surface area contributed by atoms with Crippen LogP contribution in [0.15, 0.2) is 54.6 Å². The van der Waals surface area contributed by atoms with Crippen molar-refractivity contribution >= 4 is 5.91 Å². The second-order valence-corrected chi connectivity index (χ2v) is 4.97. The third-order valence-electron chi connectivity index (χ3n) is 3.50. The first-order valence-electron chi connectivity index (χ1n) is 7.22. The summed E-state index contributed by atoms with van der Waals surface area (Å²) in [5.74, 6) is 0.514. The van der Waals surface area contributed by atoms with E-state index in [0.29, 0.717) is 11.3 Å². The van der Waals surface area contributed by atoms with E-state index in [0.717, 1.165) is 12.8 Å². The molecule has 1 atom stereocenters. The highest BCUT2D eigenvalue weighted by molar-refractivity contribution is 5.97. The molecule has 0 aromatic heterocycles. The molecule has 2 aromatic rings. The van der Waals surface area contributed by atoms with Gasteiger partial charge in [-0.15, -0.1) is 0 Å². The highest BCUT2D eigenvalue weighted by Gasteiger charge is 2.15. The van der Waals surface area contributed by atoms with Crippen molar-refractivity contribution < 1.29 is 9.53 Å². The van der Waals surface area contributed by atoms with E-state index >= 15 is 0 Å². The number of rotatable bonds is 6. The number of para-hydroxylation sites is 1. The van der Waals surface area contributed by atoms with Crippen LogP contribution in [0.2, 0.25) is 0 Å². The normalized spacial score (nSPS) is 11.7. The van der Waals surface area contributed by atoms with Gasteiger partial charge in [-0.1, -0.05) is 49.4 Å². The zero-order chi connectivity index (χ0) is 15.1. The Labute approximate surface area is 126 Å². The van der Waals surface area contributed by atoms with Gasteiger partial charge in [-0.3, -0.25) is 4.79 Å². The van der Waals surface area contributed by atoms with Gasteiger partial charge in [0.05, 0.1) is 12.7 Å². The summed E-state index contributed by atoms with van der Waals surface area (Å²) in [5.41, 5.74) is 1.80. The molecule has 0 bridgehead atoms.